The summed E-state index contributed by atoms with van der Waals surface area (Å²) in [6.07, 6.45) is 2.90. The summed E-state index contributed by atoms with van der Waals surface area (Å²) in [6.45, 7) is 2.17. The molecule has 0 radical (unpaired) electrons. The minimum atomic E-state index is -0.0102. The van der Waals surface area contributed by atoms with E-state index in [0.717, 1.165) is 11.5 Å². The molecule has 3 N–H and O–H groups in total. The monoisotopic (exact) mass is 282 g/mol. The van der Waals surface area contributed by atoms with Gasteiger partial charge >= 0.3 is 0 Å². The minimum absolute atomic E-state index is 0.0102. The van der Waals surface area contributed by atoms with E-state index in [2.05, 4.69) is 12.2 Å². The zero-order valence-electron chi connectivity index (χ0n) is 11.6. The van der Waals surface area contributed by atoms with Crippen molar-refractivity contribution in [2.75, 3.05) is 29.7 Å². The van der Waals surface area contributed by atoms with Gasteiger partial charge in [-0.25, -0.2) is 0 Å². The number of ether oxygens (including phenoxy) is 1. The van der Waals surface area contributed by atoms with Crippen molar-refractivity contribution in [3.05, 3.63) is 18.2 Å². The molecule has 0 saturated carbocycles. The Labute approximate surface area is 119 Å². The van der Waals surface area contributed by atoms with Crippen LogP contribution in [0.25, 0.3) is 0 Å². The van der Waals surface area contributed by atoms with E-state index in [9.17, 15) is 4.79 Å². The Balaban J connectivity index is 2.39. The van der Waals surface area contributed by atoms with Crippen LogP contribution in [0.15, 0.2) is 18.2 Å². The number of methoxy groups -OCH3 is 1. The summed E-state index contributed by atoms with van der Waals surface area (Å²) >= 11 is 1.81. The van der Waals surface area contributed by atoms with Crippen LogP contribution in [0.5, 0.6) is 5.75 Å². The molecule has 0 saturated heterocycles. The van der Waals surface area contributed by atoms with Crippen molar-refractivity contribution in [1.29, 1.82) is 0 Å². The van der Waals surface area contributed by atoms with Gasteiger partial charge in [0.2, 0.25) is 5.91 Å². The molecular weight excluding hydrogens is 260 g/mol. The van der Waals surface area contributed by atoms with Gasteiger partial charge in [-0.05, 0) is 24.3 Å². The molecule has 1 rings (SSSR count). The summed E-state index contributed by atoms with van der Waals surface area (Å²) in [5.41, 5.74) is 6.97. The van der Waals surface area contributed by atoms with E-state index in [-0.39, 0.29) is 5.91 Å². The first-order valence-corrected chi connectivity index (χ1v) is 7.64. The van der Waals surface area contributed by atoms with E-state index in [1.165, 1.54) is 12.8 Å². The number of hydrogen-bond acceptors (Lipinski definition) is 4. The molecule has 4 nitrogen and oxygen atoms in total. The normalized spacial score (nSPS) is 10.2. The van der Waals surface area contributed by atoms with Gasteiger partial charge in [0.25, 0.3) is 0 Å². The van der Waals surface area contributed by atoms with Gasteiger partial charge in [-0.3, -0.25) is 4.79 Å². The maximum absolute atomic E-state index is 11.8. The number of carbonyl (C=O) groups is 1. The lowest BCUT2D eigenvalue weighted by Gasteiger charge is -2.09. The lowest BCUT2D eigenvalue weighted by molar-refractivity contribution is -0.115. The number of unbranched alkanes of at least 4 members (excludes halogenated alkanes) is 1. The first-order valence-electron chi connectivity index (χ1n) is 6.48. The predicted octanol–water partition coefficient (Wildman–Crippen LogP) is 3.14. The van der Waals surface area contributed by atoms with Crippen molar-refractivity contribution < 1.29 is 9.53 Å². The average molecular weight is 282 g/mol. The van der Waals surface area contributed by atoms with Gasteiger partial charge in [0.05, 0.1) is 18.5 Å². The first kappa shape index (κ1) is 15.7. The van der Waals surface area contributed by atoms with E-state index in [0.29, 0.717) is 23.5 Å². The van der Waals surface area contributed by atoms with Gasteiger partial charge in [-0.1, -0.05) is 13.3 Å². The van der Waals surface area contributed by atoms with Gasteiger partial charge in [-0.15, -0.1) is 0 Å². The van der Waals surface area contributed by atoms with Crippen LogP contribution >= 0.6 is 11.8 Å². The Morgan fingerprint density at radius 3 is 2.89 bits per heavy atom. The Kier molecular flexibility index (Phi) is 7.18. The third-order valence-corrected chi connectivity index (χ3v) is 3.72. The summed E-state index contributed by atoms with van der Waals surface area (Å²) in [4.78, 5) is 11.8. The molecule has 0 spiro atoms. The van der Waals surface area contributed by atoms with E-state index < -0.39 is 0 Å². The number of benzene rings is 1. The maximum atomic E-state index is 11.8. The number of hydrogen-bond donors (Lipinski definition) is 2. The van der Waals surface area contributed by atoms with Crippen LogP contribution in [0.1, 0.15) is 26.2 Å². The molecule has 1 amide bonds. The molecule has 1 aromatic rings. The largest absolute Gasteiger partial charge is 0.497 e. The van der Waals surface area contributed by atoms with Crippen molar-refractivity contribution in [3.63, 3.8) is 0 Å². The van der Waals surface area contributed by atoms with Gasteiger partial charge in [-0.2, -0.15) is 11.8 Å². The van der Waals surface area contributed by atoms with Crippen LogP contribution in [0.4, 0.5) is 11.4 Å². The van der Waals surface area contributed by atoms with Gasteiger partial charge < -0.3 is 15.8 Å². The highest BCUT2D eigenvalue weighted by Gasteiger charge is 2.06. The molecule has 0 atom stereocenters. The number of nitrogens with two attached hydrogens (primary N) is 1. The second-order valence-electron chi connectivity index (χ2n) is 4.22. The SMILES string of the molecule is CCCCSCCC(=O)Nc1cc(OC)ccc1N. The molecule has 0 unspecified atom stereocenters. The van der Waals surface area contributed by atoms with Gasteiger partial charge in [0.15, 0.2) is 0 Å². The van der Waals surface area contributed by atoms with Crippen molar-refractivity contribution in [2.24, 2.45) is 0 Å². The Hall–Kier alpha value is -1.36. The quantitative estimate of drug-likeness (QED) is 0.568. The lowest BCUT2D eigenvalue weighted by Crippen LogP contribution is -2.13. The Morgan fingerprint density at radius 1 is 1.42 bits per heavy atom. The molecular formula is C14H22N2O2S. The molecule has 0 aliphatic heterocycles. The third-order valence-electron chi connectivity index (χ3n) is 2.65. The van der Waals surface area contributed by atoms with E-state index >= 15 is 0 Å². The summed E-state index contributed by atoms with van der Waals surface area (Å²) < 4.78 is 5.11. The smallest absolute Gasteiger partial charge is 0.225 e. The fourth-order valence-electron chi connectivity index (χ4n) is 1.50. The van der Waals surface area contributed by atoms with Crippen molar-refractivity contribution in [1.82, 2.24) is 0 Å². The Bertz CT molecular complexity index is 410. The summed E-state index contributed by atoms with van der Waals surface area (Å²) in [5.74, 6) is 2.63. The Morgan fingerprint density at radius 2 is 2.21 bits per heavy atom. The zero-order chi connectivity index (χ0) is 14.1. The molecule has 106 valence electrons. The standard InChI is InChI=1S/C14H22N2O2S/c1-3-4-8-19-9-7-14(17)16-13-10-11(18-2)5-6-12(13)15/h5-6,10H,3-4,7-9,15H2,1-2H3,(H,16,17). The number of anilines is 2. The van der Waals surface area contributed by atoms with Crippen LogP contribution in [0.2, 0.25) is 0 Å². The number of thioether (sulfide) groups is 1. The molecule has 5 heteroatoms. The topological polar surface area (TPSA) is 64.3 Å². The van der Waals surface area contributed by atoms with Crippen LogP contribution in [0, 0.1) is 0 Å². The second kappa shape index (κ2) is 8.69. The van der Waals surface area contributed by atoms with Crippen LogP contribution in [0.3, 0.4) is 0 Å². The lowest BCUT2D eigenvalue weighted by atomic mass is 10.2. The summed E-state index contributed by atoms with van der Waals surface area (Å²) in [6, 6.07) is 5.23. The minimum Gasteiger partial charge on any atom is -0.497 e. The van der Waals surface area contributed by atoms with Crippen LogP contribution in [-0.2, 0) is 4.79 Å². The fraction of sp³-hybridized carbons (Fsp3) is 0.500. The van der Waals surface area contributed by atoms with Gasteiger partial charge in [0, 0.05) is 18.2 Å². The van der Waals surface area contributed by atoms with E-state index in [4.69, 9.17) is 10.5 Å². The number of nitrogen functional groups attached to an aromatic ring is 1. The van der Waals surface area contributed by atoms with Crippen LogP contribution < -0.4 is 15.8 Å². The maximum Gasteiger partial charge on any atom is 0.225 e. The van der Waals surface area contributed by atoms with E-state index in [1.807, 2.05) is 11.8 Å². The zero-order valence-corrected chi connectivity index (χ0v) is 12.4. The fourth-order valence-corrected chi connectivity index (χ4v) is 2.52. The molecule has 0 fully saturated rings. The molecule has 0 heterocycles. The highest BCUT2D eigenvalue weighted by molar-refractivity contribution is 7.99. The molecule has 0 aliphatic rings. The second-order valence-corrected chi connectivity index (χ2v) is 5.44. The van der Waals surface area contributed by atoms with Crippen molar-refractivity contribution in [3.8, 4) is 5.75 Å². The molecule has 0 aliphatic carbocycles. The molecule has 1 aromatic carbocycles. The molecule has 0 bridgehead atoms. The highest BCUT2D eigenvalue weighted by atomic mass is 32.2. The summed E-state index contributed by atoms with van der Waals surface area (Å²) in [7, 11) is 1.58. The van der Waals surface area contributed by atoms with Crippen molar-refractivity contribution >= 4 is 29.0 Å². The molecule has 0 aromatic heterocycles. The number of nitrogens with one attached hydrogen (secondary N) is 1. The molecule has 19 heavy (non-hydrogen) atoms. The van der Waals surface area contributed by atoms with E-state index in [1.54, 1.807) is 25.3 Å². The van der Waals surface area contributed by atoms with Crippen molar-refractivity contribution in [2.45, 2.75) is 26.2 Å². The highest BCUT2D eigenvalue weighted by Crippen LogP contribution is 2.24. The first-order chi connectivity index (χ1) is 9.17. The summed E-state index contributed by atoms with van der Waals surface area (Å²) in [5, 5.41) is 2.82. The van der Waals surface area contributed by atoms with Gasteiger partial charge in [0.1, 0.15) is 5.75 Å². The third kappa shape index (κ3) is 5.87. The average Bonchev–Trinajstić information content (AvgIpc) is 2.41. The number of amides is 1. The predicted molar refractivity (Wildman–Crippen MR) is 82.9 cm³/mol. The number of rotatable bonds is 8. The van der Waals surface area contributed by atoms with Crippen LogP contribution in [-0.4, -0.2) is 24.5 Å². The number of carbonyl (C=O) groups excluding carboxylic acids is 1.